The van der Waals surface area contributed by atoms with E-state index in [-0.39, 0.29) is 17.3 Å². The normalized spacial score (nSPS) is 11.0. The first-order valence-corrected chi connectivity index (χ1v) is 5.50. The fourth-order valence-corrected chi connectivity index (χ4v) is 1.91. The molecule has 8 heteroatoms. The largest absolute Gasteiger partial charge is 0.391 e. The molecular formula is C11H11N7O. The zero-order valence-corrected chi connectivity index (χ0v) is 10.1. The number of anilines is 2. The monoisotopic (exact) mass is 257 g/mol. The lowest BCUT2D eigenvalue weighted by Crippen LogP contribution is -2.20. The Bertz CT molecular complexity index is 818. The van der Waals surface area contributed by atoms with Crippen molar-refractivity contribution in [3.63, 3.8) is 0 Å². The number of nitrogens with two attached hydrogens (primary N) is 2. The van der Waals surface area contributed by atoms with Crippen LogP contribution in [0.3, 0.4) is 0 Å². The molecule has 19 heavy (non-hydrogen) atoms. The molecule has 0 radical (unpaired) electrons. The summed E-state index contributed by atoms with van der Waals surface area (Å²) in [5, 5.41) is 0. The maximum absolute atomic E-state index is 11.5. The van der Waals surface area contributed by atoms with E-state index >= 15 is 0 Å². The lowest BCUT2D eigenvalue weighted by Gasteiger charge is -2.06. The van der Waals surface area contributed by atoms with Crippen molar-refractivity contribution >= 4 is 17.3 Å². The van der Waals surface area contributed by atoms with Gasteiger partial charge in [-0.1, -0.05) is 0 Å². The third-order valence-electron chi connectivity index (χ3n) is 2.88. The van der Waals surface area contributed by atoms with Crippen LogP contribution in [-0.2, 0) is 7.05 Å². The Labute approximate surface area is 107 Å². The van der Waals surface area contributed by atoms with Crippen molar-refractivity contribution < 1.29 is 0 Å². The van der Waals surface area contributed by atoms with E-state index < -0.39 is 5.56 Å². The topological polar surface area (TPSA) is 117 Å². The average Bonchev–Trinajstić information content (AvgIpc) is 2.74. The number of fused-ring (bicyclic) bond motifs is 1. The second-order valence-electron chi connectivity index (χ2n) is 4.02. The fourth-order valence-electron chi connectivity index (χ4n) is 1.91. The summed E-state index contributed by atoms with van der Waals surface area (Å²) in [7, 11) is 1.76. The fraction of sp³-hybridized carbons (Fsp3) is 0.0909. The van der Waals surface area contributed by atoms with Gasteiger partial charge in [0.05, 0.1) is 0 Å². The van der Waals surface area contributed by atoms with Crippen LogP contribution in [0.4, 0.5) is 11.5 Å². The van der Waals surface area contributed by atoms with E-state index in [0.717, 1.165) is 5.56 Å². The number of hydrogen-bond donors (Lipinski definition) is 2. The summed E-state index contributed by atoms with van der Waals surface area (Å²) in [5.41, 5.74) is 11.6. The van der Waals surface area contributed by atoms with Gasteiger partial charge in [0.15, 0.2) is 11.6 Å². The highest BCUT2D eigenvalue weighted by molar-refractivity contribution is 5.63. The minimum atomic E-state index is -0.572. The SMILES string of the molecule is Cn1c(-c2ccncc2)nc2nc(=O)c(N)c(N)n21. The molecule has 8 nitrogen and oxygen atoms in total. The maximum atomic E-state index is 11.5. The Morgan fingerprint density at radius 3 is 2.53 bits per heavy atom. The molecule has 0 fully saturated rings. The first-order chi connectivity index (χ1) is 9.09. The highest BCUT2D eigenvalue weighted by Crippen LogP contribution is 2.19. The van der Waals surface area contributed by atoms with Crippen molar-refractivity contribution in [1.82, 2.24) is 24.1 Å². The third-order valence-corrected chi connectivity index (χ3v) is 2.88. The molecule has 0 aromatic carbocycles. The van der Waals surface area contributed by atoms with Crippen LogP contribution in [0.15, 0.2) is 29.3 Å². The van der Waals surface area contributed by atoms with Gasteiger partial charge < -0.3 is 11.5 Å². The van der Waals surface area contributed by atoms with E-state index in [2.05, 4.69) is 15.0 Å². The molecule has 3 heterocycles. The van der Waals surface area contributed by atoms with E-state index in [0.29, 0.717) is 5.82 Å². The molecular weight excluding hydrogens is 246 g/mol. The summed E-state index contributed by atoms with van der Waals surface area (Å²) in [5.74, 6) is 0.961. The summed E-state index contributed by atoms with van der Waals surface area (Å²) in [6.07, 6.45) is 3.31. The van der Waals surface area contributed by atoms with Gasteiger partial charge in [-0.2, -0.15) is 14.5 Å². The van der Waals surface area contributed by atoms with Crippen LogP contribution in [0, 0.1) is 0 Å². The van der Waals surface area contributed by atoms with Gasteiger partial charge >= 0.3 is 0 Å². The predicted octanol–water partition coefficient (Wildman–Crippen LogP) is -0.346. The number of pyridine rings is 1. The molecule has 0 aliphatic carbocycles. The first-order valence-electron chi connectivity index (χ1n) is 5.50. The minimum absolute atomic E-state index is 0.0817. The Morgan fingerprint density at radius 1 is 1.16 bits per heavy atom. The van der Waals surface area contributed by atoms with Crippen LogP contribution < -0.4 is 17.0 Å². The van der Waals surface area contributed by atoms with Crippen molar-refractivity contribution in [3.05, 3.63) is 34.9 Å². The highest BCUT2D eigenvalue weighted by atomic mass is 16.1. The van der Waals surface area contributed by atoms with Crippen molar-refractivity contribution in [2.24, 2.45) is 7.05 Å². The van der Waals surface area contributed by atoms with Gasteiger partial charge in [0.1, 0.15) is 5.69 Å². The van der Waals surface area contributed by atoms with Gasteiger partial charge in [0, 0.05) is 25.0 Å². The van der Waals surface area contributed by atoms with Crippen LogP contribution in [-0.4, -0.2) is 24.1 Å². The van der Waals surface area contributed by atoms with Crippen molar-refractivity contribution in [3.8, 4) is 11.4 Å². The van der Waals surface area contributed by atoms with E-state index in [1.807, 2.05) is 0 Å². The minimum Gasteiger partial charge on any atom is -0.391 e. The molecule has 0 unspecified atom stereocenters. The predicted molar refractivity (Wildman–Crippen MR) is 70.3 cm³/mol. The molecule has 96 valence electrons. The second kappa shape index (κ2) is 3.80. The zero-order chi connectivity index (χ0) is 13.6. The van der Waals surface area contributed by atoms with Crippen LogP contribution in [0.1, 0.15) is 0 Å². The number of aryl methyl sites for hydroxylation is 1. The van der Waals surface area contributed by atoms with Gasteiger partial charge in [-0.25, -0.2) is 0 Å². The lowest BCUT2D eigenvalue weighted by molar-refractivity contribution is 0.712. The quantitative estimate of drug-likeness (QED) is 0.615. The molecule has 0 amide bonds. The van der Waals surface area contributed by atoms with Gasteiger partial charge in [0.2, 0.25) is 0 Å². The average molecular weight is 257 g/mol. The van der Waals surface area contributed by atoms with Crippen LogP contribution in [0.25, 0.3) is 17.2 Å². The molecule has 0 atom stereocenters. The first kappa shape index (κ1) is 11.2. The Kier molecular flexibility index (Phi) is 2.24. The van der Waals surface area contributed by atoms with Gasteiger partial charge in [0.25, 0.3) is 11.3 Å². The molecule has 3 aromatic heterocycles. The number of nitrogen functional groups attached to an aromatic ring is 2. The van der Waals surface area contributed by atoms with E-state index in [4.69, 9.17) is 11.5 Å². The Hall–Kier alpha value is -2.90. The summed E-state index contributed by atoms with van der Waals surface area (Å²) in [6.45, 7) is 0. The molecule has 0 aliphatic rings. The van der Waals surface area contributed by atoms with Crippen LogP contribution in [0.5, 0.6) is 0 Å². The van der Waals surface area contributed by atoms with Gasteiger partial charge in [-0.05, 0) is 12.1 Å². The Morgan fingerprint density at radius 2 is 1.84 bits per heavy atom. The zero-order valence-electron chi connectivity index (χ0n) is 10.1. The second-order valence-corrected chi connectivity index (χ2v) is 4.02. The van der Waals surface area contributed by atoms with E-state index in [9.17, 15) is 4.79 Å². The Balaban J connectivity index is 2.39. The summed E-state index contributed by atoms with van der Waals surface area (Å²) < 4.78 is 3.18. The van der Waals surface area contributed by atoms with Crippen molar-refractivity contribution in [2.75, 3.05) is 11.5 Å². The number of nitrogens with zero attached hydrogens (tertiary/aromatic N) is 5. The van der Waals surface area contributed by atoms with Crippen molar-refractivity contribution in [2.45, 2.75) is 0 Å². The van der Waals surface area contributed by atoms with Crippen LogP contribution >= 0.6 is 0 Å². The summed E-state index contributed by atoms with van der Waals surface area (Å²) >= 11 is 0. The van der Waals surface area contributed by atoms with E-state index in [1.165, 1.54) is 4.52 Å². The third kappa shape index (κ3) is 1.53. The standard InChI is InChI=1S/C11H11N7O/c1-17-9(6-2-4-14-5-3-6)15-11-16-10(19)7(12)8(13)18(11)17/h2-5H,12-13H2,1H3. The number of hydrogen-bond acceptors (Lipinski definition) is 6. The van der Waals surface area contributed by atoms with E-state index in [1.54, 1.807) is 36.3 Å². The highest BCUT2D eigenvalue weighted by Gasteiger charge is 2.15. The van der Waals surface area contributed by atoms with Gasteiger partial charge in [-0.15, -0.1) is 0 Å². The molecule has 0 saturated carbocycles. The molecule has 3 aromatic rings. The molecule has 0 spiro atoms. The number of aromatic nitrogens is 5. The lowest BCUT2D eigenvalue weighted by atomic mass is 10.2. The molecule has 4 N–H and O–H groups in total. The van der Waals surface area contributed by atoms with Gasteiger partial charge in [-0.3, -0.25) is 14.5 Å². The maximum Gasteiger partial charge on any atom is 0.300 e. The van der Waals surface area contributed by atoms with Crippen LogP contribution in [0.2, 0.25) is 0 Å². The number of rotatable bonds is 1. The molecule has 3 rings (SSSR count). The van der Waals surface area contributed by atoms with Crippen molar-refractivity contribution in [1.29, 1.82) is 0 Å². The smallest absolute Gasteiger partial charge is 0.300 e. The summed E-state index contributed by atoms with van der Waals surface area (Å²) in [4.78, 5) is 23.6. The molecule has 0 saturated heterocycles. The summed E-state index contributed by atoms with van der Waals surface area (Å²) in [6, 6.07) is 3.61. The molecule has 0 aliphatic heterocycles. The molecule has 0 bridgehead atoms.